The van der Waals surface area contributed by atoms with Crippen LogP contribution in [0.2, 0.25) is 0 Å². The van der Waals surface area contributed by atoms with Crippen molar-refractivity contribution >= 4 is 0 Å². The summed E-state index contributed by atoms with van der Waals surface area (Å²) in [6.45, 7) is 7.54. The van der Waals surface area contributed by atoms with E-state index in [0.29, 0.717) is 12.8 Å². The normalized spacial score (nSPS) is 16.7. The second-order valence-corrected chi connectivity index (χ2v) is 3.87. The molecule has 12 heavy (non-hydrogen) atoms. The number of aliphatic hydroxyl groups is 1. The number of rotatable bonds is 4. The number of nitrogens with zero attached hydrogens (tertiary/aromatic N) is 1. The molecular weight excluding hydrogens is 150 g/mol. The molecule has 0 saturated carbocycles. The highest BCUT2D eigenvalue weighted by atomic mass is 16.3. The number of nitriles is 1. The van der Waals surface area contributed by atoms with E-state index in [4.69, 9.17) is 5.26 Å². The van der Waals surface area contributed by atoms with Crippen LogP contribution in [0.5, 0.6) is 0 Å². The first-order valence-corrected chi connectivity index (χ1v) is 4.57. The summed E-state index contributed by atoms with van der Waals surface area (Å²) in [5, 5.41) is 19.0. The van der Waals surface area contributed by atoms with E-state index in [9.17, 15) is 5.11 Å². The van der Waals surface area contributed by atoms with Gasteiger partial charge in [0.1, 0.15) is 0 Å². The molecule has 0 radical (unpaired) electrons. The summed E-state index contributed by atoms with van der Waals surface area (Å²) >= 11 is 0. The summed E-state index contributed by atoms with van der Waals surface area (Å²) in [5.74, 6) is 0. The topological polar surface area (TPSA) is 44.0 Å². The molecule has 0 bridgehead atoms. The fraction of sp³-hybridized carbons (Fsp3) is 0.900. The van der Waals surface area contributed by atoms with Crippen molar-refractivity contribution in [2.45, 2.75) is 52.6 Å². The summed E-state index contributed by atoms with van der Waals surface area (Å²) in [5.41, 5.74) is -1.46. The molecule has 0 aromatic heterocycles. The van der Waals surface area contributed by atoms with Gasteiger partial charge in [-0.15, -0.1) is 0 Å². The fourth-order valence-electron chi connectivity index (χ4n) is 1.45. The Kier molecular flexibility index (Phi) is 3.73. The van der Waals surface area contributed by atoms with E-state index in [1.165, 1.54) is 0 Å². The lowest BCUT2D eigenvalue weighted by Crippen LogP contribution is -2.43. The van der Waals surface area contributed by atoms with Crippen molar-refractivity contribution in [3.63, 3.8) is 0 Å². The highest BCUT2D eigenvalue weighted by Gasteiger charge is 2.41. The number of hydrogen-bond donors (Lipinski definition) is 1. The molecule has 2 heteroatoms. The average molecular weight is 169 g/mol. The summed E-state index contributed by atoms with van der Waals surface area (Å²) in [4.78, 5) is 0. The lowest BCUT2D eigenvalue weighted by atomic mass is 9.72. The summed E-state index contributed by atoms with van der Waals surface area (Å²) < 4.78 is 0. The zero-order valence-electron chi connectivity index (χ0n) is 8.52. The van der Waals surface area contributed by atoms with Gasteiger partial charge < -0.3 is 5.11 Å². The highest BCUT2D eigenvalue weighted by Crippen LogP contribution is 2.36. The van der Waals surface area contributed by atoms with Gasteiger partial charge in [-0.1, -0.05) is 20.3 Å². The molecule has 0 heterocycles. The van der Waals surface area contributed by atoms with Crippen LogP contribution in [0.3, 0.4) is 0 Å². The van der Waals surface area contributed by atoms with E-state index in [-0.39, 0.29) is 0 Å². The predicted molar refractivity (Wildman–Crippen MR) is 49.5 cm³/mol. The van der Waals surface area contributed by atoms with Gasteiger partial charge in [-0.3, -0.25) is 0 Å². The molecule has 1 atom stereocenters. The first-order valence-electron chi connectivity index (χ1n) is 4.57. The maximum atomic E-state index is 10.1. The molecule has 0 aliphatic heterocycles. The maximum Gasteiger partial charge on any atom is 0.0825 e. The second kappa shape index (κ2) is 3.91. The van der Waals surface area contributed by atoms with Gasteiger partial charge in [0.05, 0.1) is 17.1 Å². The smallest absolute Gasteiger partial charge is 0.0825 e. The van der Waals surface area contributed by atoms with Crippen LogP contribution in [0.1, 0.15) is 47.0 Å². The van der Waals surface area contributed by atoms with Crippen molar-refractivity contribution in [1.29, 1.82) is 5.26 Å². The van der Waals surface area contributed by atoms with E-state index < -0.39 is 11.0 Å². The third kappa shape index (κ3) is 1.98. The van der Waals surface area contributed by atoms with Crippen molar-refractivity contribution in [2.24, 2.45) is 5.41 Å². The van der Waals surface area contributed by atoms with Crippen LogP contribution in [0.4, 0.5) is 0 Å². The molecule has 0 spiro atoms. The first-order chi connectivity index (χ1) is 5.43. The Bertz CT molecular complexity index is 181. The highest BCUT2D eigenvalue weighted by molar-refractivity contribution is 5.05. The largest absolute Gasteiger partial charge is 0.388 e. The average Bonchev–Trinajstić information content (AvgIpc) is 2.04. The first kappa shape index (κ1) is 11.4. The molecule has 0 aliphatic carbocycles. The van der Waals surface area contributed by atoms with Crippen LogP contribution < -0.4 is 0 Å². The third-order valence-corrected chi connectivity index (χ3v) is 2.69. The molecule has 2 nitrogen and oxygen atoms in total. The van der Waals surface area contributed by atoms with Crippen molar-refractivity contribution in [2.75, 3.05) is 0 Å². The fourth-order valence-corrected chi connectivity index (χ4v) is 1.45. The second-order valence-electron chi connectivity index (χ2n) is 3.87. The summed E-state index contributed by atoms with van der Waals surface area (Å²) in [7, 11) is 0. The Morgan fingerprint density at radius 1 is 1.33 bits per heavy atom. The van der Waals surface area contributed by atoms with Crippen LogP contribution in [0.15, 0.2) is 0 Å². The molecule has 0 saturated heterocycles. The molecule has 1 N–H and O–H groups in total. The molecule has 0 aromatic rings. The molecule has 1 unspecified atom stereocenters. The number of hydrogen-bond acceptors (Lipinski definition) is 2. The quantitative estimate of drug-likeness (QED) is 0.702. The van der Waals surface area contributed by atoms with Crippen LogP contribution >= 0.6 is 0 Å². The minimum atomic E-state index is -0.823. The molecule has 0 amide bonds. The Morgan fingerprint density at radius 2 is 1.83 bits per heavy atom. The van der Waals surface area contributed by atoms with Gasteiger partial charge in [0.2, 0.25) is 0 Å². The Hall–Kier alpha value is -0.550. The van der Waals surface area contributed by atoms with E-state index >= 15 is 0 Å². The van der Waals surface area contributed by atoms with Crippen molar-refractivity contribution in [3.8, 4) is 6.07 Å². The maximum absolute atomic E-state index is 10.1. The molecule has 0 aromatic carbocycles. The lowest BCUT2D eigenvalue weighted by Gasteiger charge is -2.37. The van der Waals surface area contributed by atoms with Crippen LogP contribution in [0, 0.1) is 16.7 Å². The zero-order valence-corrected chi connectivity index (χ0v) is 8.52. The van der Waals surface area contributed by atoms with E-state index in [1.807, 2.05) is 13.8 Å². The summed E-state index contributed by atoms with van der Waals surface area (Å²) in [6.07, 6.45) is 2.25. The molecular formula is C10H19NO. The van der Waals surface area contributed by atoms with Gasteiger partial charge in [-0.25, -0.2) is 0 Å². The lowest BCUT2D eigenvalue weighted by molar-refractivity contribution is -0.0495. The van der Waals surface area contributed by atoms with Crippen molar-refractivity contribution in [1.82, 2.24) is 0 Å². The van der Waals surface area contributed by atoms with Crippen LogP contribution in [-0.4, -0.2) is 10.7 Å². The van der Waals surface area contributed by atoms with E-state index in [1.54, 1.807) is 13.8 Å². The van der Waals surface area contributed by atoms with E-state index in [0.717, 1.165) is 6.42 Å². The van der Waals surface area contributed by atoms with Gasteiger partial charge in [0, 0.05) is 0 Å². The van der Waals surface area contributed by atoms with Crippen molar-refractivity contribution in [3.05, 3.63) is 0 Å². The monoisotopic (exact) mass is 169 g/mol. The van der Waals surface area contributed by atoms with Gasteiger partial charge in [0.25, 0.3) is 0 Å². The van der Waals surface area contributed by atoms with Gasteiger partial charge in [0.15, 0.2) is 0 Å². The standard InChI is InChI=1S/C10H19NO/c1-5-7-10(12,6-2)9(3,4)8-11/h12H,5-7H2,1-4H3. The van der Waals surface area contributed by atoms with Gasteiger partial charge >= 0.3 is 0 Å². The Balaban J connectivity index is 4.64. The van der Waals surface area contributed by atoms with E-state index in [2.05, 4.69) is 6.07 Å². The predicted octanol–water partition coefficient (Wildman–Crippen LogP) is 2.48. The molecule has 0 fully saturated rings. The molecule has 0 rings (SSSR count). The Morgan fingerprint density at radius 3 is 2.08 bits per heavy atom. The van der Waals surface area contributed by atoms with Gasteiger partial charge in [-0.2, -0.15) is 5.26 Å². The van der Waals surface area contributed by atoms with Crippen LogP contribution in [-0.2, 0) is 0 Å². The van der Waals surface area contributed by atoms with Crippen LogP contribution in [0.25, 0.3) is 0 Å². The van der Waals surface area contributed by atoms with Crippen molar-refractivity contribution < 1.29 is 5.11 Å². The minimum Gasteiger partial charge on any atom is -0.388 e. The molecule has 0 aliphatic rings. The van der Waals surface area contributed by atoms with Gasteiger partial charge in [-0.05, 0) is 26.7 Å². The SMILES string of the molecule is CCCC(O)(CC)C(C)(C)C#N. The Labute approximate surface area is 75.2 Å². The third-order valence-electron chi connectivity index (χ3n) is 2.69. The zero-order chi connectivity index (χ0) is 9.83. The minimum absolute atomic E-state index is 0.640. The molecule has 70 valence electrons. The summed E-state index contributed by atoms with van der Waals surface area (Å²) in [6, 6.07) is 2.17.